The zero-order valence-corrected chi connectivity index (χ0v) is 12.2. The Hall–Kier alpha value is -2.90. The summed E-state index contributed by atoms with van der Waals surface area (Å²) in [5.74, 6) is -3.01. The van der Waals surface area contributed by atoms with Gasteiger partial charge in [-0.2, -0.15) is 13.2 Å². The Morgan fingerprint density at radius 2 is 1.54 bits per heavy atom. The van der Waals surface area contributed by atoms with Gasteiger partial charge in [-0.3, -0.25) is 9.59 Å². The van der Waals surface area contributed by atoms with E-state index in [1.807, 2.05) is 5.32 Å². The highest BCUT2D eigenvalue weighted by Gasteiger charge is 2.34. The second-order valence-electron chi connectivity index (χ2n) is 4.77. The van der Waals surface area contributed by atoms with Crippen LogP contribution in [-0.2, 0) is 22.3 Å². The molecule has 2 aromatic carbocycles. The molecule has 2 aromatic rings. The lowest BCUT2D eigenvalue weighted by molar-refractivity contribution is -0.138. The van der Waals surface area contributed by atoms with E-state index in [0.717, 1.165) is 18.2 Å². The van der Waals surface area contributed by atoms with E-state index >= 15 is 0 Å². The van der Waals surface area contributed by atoms with Crippen LogP contribution >= 0.6 is 0 Å². The first-order chi connectivity index (χ1) is 11.3. The smallest absolute Gasteiger partial charge is 0.344 e. The van der Waals surface area contributed by atoms with E-state index in [0.29, 0.717) is 0 Å². The molecule has 2 rings (SSSR count). The first-order valence-electron chi connectivity index (χ1n) is 6.78. The van der Waals surface area contributed by atoms with Crippen LogP contribution in [0.2, 0.25) is 0 Å². The molecule has 0 unspecified atom stereocenters. The summed E-state index contributed by atoms with van der Waals surface area (Å²) in [6, 6.07) is 9.87. The summed E-state index contributed by atoms with van der Waals surface area (Å²) >= 11 is 0. The molecular formula is C16H12F4N2O2. The number of hydrogen-bond donors (Lipinski definition) is 2. The number of alkyl halides is 3. The number of hydrogen-bond acceptors (Lipinski definition) is 2. The van der Waals surface area contributed by atoms with Crippen LogP contribution in [0.25, 0.3) is 0 Å². The lowest BCUT2D eigenvalue weighted by Gasteiger charge is -2.13. The van der Waals surface area contributed by atoms with Gasteiger partial charge in [-0.25, -0.2) is 4.39 Å². The highest BCUT2D eigenvalue weighted by Crippen LogP contribution is 2.34. The fourth-order valence-corrected chi connectivity index (χ4v) is 1.92. The highest BCUT2D eigenvalue weighted by molar-refractivity contribution is 6.39. The van der Waals surface area contributed by atoms with Crippen molar-refractivity contribution in [3.63, 3.8) is 0 Å². The highest BCUT2D eigenvalue weighted by atomic mass is 19.4. The molecule has 0 spiro atoms. The van der Waals surface area contributed by atoms with E-state index in [-0.39, 0.29) is 12.1 Å². The van der Waals surface area contributed by atoms with Crippen molar-refractivity contribution >= 4 is 17.5 Å². The van der Waals surface area contributed by atoms with Crippen molar-refractivity contribution in [2.24, 2.45) is 0 Å². The first-order valence-corrected chi connectivity index (χ1v) is 6.78. The molecule has 0 saturated heterocycles. The molecule has 0 aliphatic rings. The van der Waals surface area contributed by atoms with Crippen LogP contribution in [0.1, 0.15) is 11.1 Å². The van der Waals surface area contributed by atoms with Crippen molar-refractivity contribution in [2.45, 2.75) is 12.7 Å². The van der Waals surface area contributed by atoms with E-state index in [2.05, 4.69) is 5.32 Å². The molecule has 4 nitrogen and oxygen atoms in total. The molecule has 0 saturated carbocycles. The number of rotatable bonds is 3. The third-order valence-electron chi connectivity index (χ3n) is 3.08. The molecule has 24 heavy (non-hydrogen) atoms. The Labute approximate surface area is 134 Å². The predicted molar refractivity (Wildman–Crippen MR) is 78.3 cm³/mol. The van der Waals surface area contributed by atoms with Gasteiger partial charge in [0.25, 0.3) is 0 Å². The zero-order valence-electron chi connectivity index (χ0n) is 12.2. The summed E-state index contributed by atoms with van der Waals surface area (Å²) in [5, 5.41) is 4.05. The number of halogens is 4. The molecule has 0 heterocycles. The maximum Gasteiger partial charge on any atom is 0.418 e. The standard InChI is InChI=1S/C16H12F4N2O2/c17-12-7-3-1-5-10(12)9-21-14(23)15(24)22-13-8-4-2-6-11(13)16(18,19)20/h1-8H,9H2,(H,21,23)(H,22,24). The van der Waals surface area contributed by atoms with Gasteiger partial charge in [-0.05, 0) is 18.2 Å². The van der Waals surface area contributed by atoms with E-state index in [1.54, 1.807) is 6.07 Å². The minimum Gasteiger partial charge on any atom is -0.344 e. The molecule has 2 N–H and O–H groups in total. The third kappa shape index (κ3) is 4.31. The van der Waals surface area contributed by atoms with Gasteiger partial charge in [0.15, 0.2) is 0 Å². The van der Waals surface area contributed by atoms with Gasteiger partial charge in [0.05, 0.1) is 11.3 Å². The second-order valence-corrected chi connectivity index (χ2v) is 4.77. The minimum atomic E-state index is -4.67. The number of benzene rings is 2. The molecule has 0 aliphatic carbocycles. The van der Waals surface area contributed by atoms with Gasteiger partial charge in [0.2, 0.25) is 0 Å². The van der Waals surface area contributed by atoms with Crippen LogP contribution in [-0.4, -0.2) is 11.8 Å². The van der Waals surface area contributed by atoms with Crippen molar-refractivity contribution in [1.29, 1.82) is 0 Å². The normalized spacial score (nSPS) is 11.0. The fourth-order valence-electron chi connectivity index (χ4n) is 1.92. The summed E-state index contributed by atoms with van der Waals surface area (Å²) < 4.78 is 51.9. The summed E-state index contributed by atoms with van der Waals surface area (Å²) in [5.41, 5.74) is -1.45. The lowest BCUT2D eigenvalue weighted by atomic mass is 10.1. The van der Waals surface area contributed by atoms with Crippen LogP contribution in [0.4, 0.5) is 23.2 Å². The fraction of sp³-hybridized carbons (Fsp3) is 0.125. The molecule has 126 valence electrons. The Kier molecular flexibility index (Phi) is 5.18. The third-order valence-corrected chi connectivity index (χ3v) is 3.08. The van der Waals surface area contributed by atoms with Crippen LogP contribution in [0, 0.1) is 5.82 Å². The van der Waals surface area contributed by atoms with Crippen LogP contribution in [0.5, 0.6) is 0 Å². The van der Waals surface area contributed by atoms with E-state index in [4.69, 9.17) is 0 Å². The topological polar surface area (TPSA) is 58.2 Å². The number of carbonyl (C=O) groups is 2. The van der Waals surface area contributed by atoms with Crippen molar-refractivity contribution in [3.8, 4) is 0 Å². The van der Waals surface area contributed by atoms with Gasteiger partial charge >= 0.3 is 18.0 Å². The molecule has 0 radical (unpaired) electrons. The number of para-hydroxylation sites is 1. The summed E-state index contributed by atoms with van der Waals surface area (Å²) in [7, 11) is 0. The van der Waals surface area contributed by atoms with Gasteiger partial charge in [-0.15, -0.1) is 0 Å². The molecule has 0 aliphatic heterocycles. The number of anilines is 1. The number of nitrogens with one attached hydrogen (secondary N) is 2. The van der Waals surface area contributed by atoms with Crippen molar-refractivity contribution in [1.82, 2.24) is 5.32 Å². The average Bonchev–Trinajstić information content (AvgIpc) is 2.53. The Bertz CT molecular complexity index is 760. The molecule has 0 atom stereocenters. The maximum atomic E-state index is 13.4. The van der Waals surface area contributed by atoms with Gasteiger partial charge in [0.1, 0.15) is 5.82 Å². The maximum absolute atomic E-state index is 13.4. The van der Waals surface area contributed by atoms with Gasteiger partial charge in [0, 0.05) is 12.1 Å². The van der Waals surface area contributed by atoms with Gasteiger partial charge < -0.3 is 10.6 Å². The summed E-state index contributed by atoms with van der Waals surface area (Å²) in [6.45, 7) is -0.264. The molecule has 2 amide bonds. The minimum absolute atomic E-state index is 0.148. The Morgan fingerprint density at radius 3 is 2.21 bits per heavy atom. The quantitative estimate of drug-likeness (QED) is 0.666. The SMILES string of the molecule is O=C(NCc1ccccc1F)C(=O)Nc1ccccc1C(F)(F)F. The molecule has 8 heteroatoms. The largest absolute Gasteiger partial charge is 0.418 e. The predicted octanol–water partition coefficient (Wildman–Crippen LogP) is 3.10. The van der Waals surface area contributed by atoms with Crippen molar-refractivity contribution in [3.05, 3.63) is 65.5 Å². The average molecular weight is 340 g/mol. The summed E-state index contributed by atoms with van der Waals surface area (Å²) in [4.78, 5) is 23.4. The Balaban J connectivity index is 2.03. The number of carbonyl (C=O) groups excluding carboxylic acids is 2. The number of amides is 2. The van der Waals surface area contributed by atoms with Gasteiger partial charge in [-0.1, -0.05) is 30.3 Å². The van der Waals surface area contributed by atoms with Crippen molar-refractivity contribution < 1.29 is 27.2 Å². The van der Waals surface area contributed by atoms with Crippen molar-refractivity contribution in [2.75, 3.05) is 5.32 Å². The lowest BCUT2D eigenvalue weighted by Crippen LogP contribution is -2.35. The molecular weight excluding hydrogens is 328 g/mol. The van der Waals surface area contributed by atoms with Crippen LogP contribution in [0.3, 0.4) is 0 Å². The molecule has 0 aromatic heterocycles. The van der Waals surface area contributed by atoms with Crippen LogP contribution < -0.4 is 10.6 Å². The second kappa shape index (κ2) is 7.12. The van der Waals surface area contributed by atoms with Crippen LogP contribution in [0.15, 0.2) is 48.5 Å². The molecule has 0 fully saturated rings. The Morgan fingerprint density at radius 1 is 0.917 bits per heavy atom. The van der Waals surface area contributed by atoms with E-state index in [1.165, 1.54) is 24.3 Å². The van der Waals surface area contributed by atoms with E-state index in [9.17, 15) is 27.2 Å². The van der Waals surface area contributed by atoms with E-state index < -0.39 is 35.1 Å². The first kappa shape index (κ1) is 17.5. The monoisotopic (exact) mass is 340 g/mol. The zero-order chi connectivity index (χ0) is 17.7. The molecule has 0 bridgehead atoms. The summed E-state index contributed by atoms with van der Waals surface area (Å²) in [6.07, 6.45) is -4.67.